The molecule has 0 amide bonds. The molecule has 13 heavy (non-hydrogen) atoms. The van der Waals surface area contributed by atoms with Gasteiger partial charge in [0.1, 0.15) is 6.07 Å². The largest absolute Gasteiger partial charge is 0.397 e. The molecule has 0 saturated heterocycles. The Balaban J connectivity index is 3.50. The minimum atomic E-state index is -0.167. The maximum absolute atomic E-state index is 11.1. The van der Waals surface area contributed by atoms with Crippen molar-refractivity contribution < 1.29 is 4.79 Å². The minimum absolute atomic E-state index is 0.167. The molecule has 1 aromatic rings. The Kier molecular flexibility index (Phi) is 2.29. The van der Waals surface area contributed by atoms with Gasteiger partial charge in [0.15, 0.2) is 5.78 Å². The predicted molar refractivity (Wildman–Crippen MR) is 48.1 cm³/mol. The van der Waals surface area contributed by atoms with Gasteiger partial charge in [0.2, 0.25) is 0 Å². The van der Waals surface area contributed by atoms with Gasteiger partial charge in [-0.3, -0.25) is 9.78 Å². The molecule has 0 spiro atoms. The number of anilines is 1. The number of aromatic nitrogens is 1. The zero-order chi connectivity index (χ0) is 10.0. The molecule has 4 nitrogen and oxygen atoms in total. The van der Waals surface area contributed by atoms with E-state index in [4.69, 9.17) is 11.0 Å². The predicted octanol–water partition coefficient (Wildman–Crippen LogP) is 1.05. The van der Waals surface area contributed by atoms with E-state index in [1.54, 1.807) is 6.92 Å². The lowest BCUT2D eigenvalue weighted by molar-refractivity contribution is 0.101. The highest BCUT2D eigenvalue weighted by atomic mass is 16.1. The third-order valence-corrected chi connectivity index (χ3v) is 1.78. The molecular weight excluding hydrogens is 166 g/mol. The van der Waals surface area contributed by atoms with Crippen LogP contribution in [0.2, 0.25) is 0 Å². The third kappa shape index (κ3) is 1.49. The Morgan fingerprint density at radius 1 is 1.69 bits per heavy atom. The van der Waals surface area contributed by atoms with E-state index >= 15 is 0 Å². The first-order valence-corrected chi connectivity index (χ1v) is 3.74. The Bertz CT molecular complexity index is 404. The van der Waals surface area contributed by atoms with Crippen LogP contribution in [0.5, 0.6) is 0 Å². The van der Waals surface area contributed by atoms with Crippen molar-refractivity contribution in [3.05, 3.63) is 23.0 Å². The number of Topliss-reactive ketones (excluding diaryl/α,β-unsaturated/α-hetero) is 1. The van der Waals surface area contributed by atoms with Crippen molar-refractivity contribution in [2.24, 2.45) is 0 Å². The van der Waals surface area contributed by atoms with E-state index in [2.05, 4.69) is 4.98 Å². The fourth-order valence-corrected chi connectivity index (χ4v) is 1.16. The van der Waals surface area contributed by atoms with Gasteiger partial charge in [-0.1, -0.05) is 0 Å². The van der Waals surface area contributed by atoms with Crippen LogP contribution >= 0.6 is 0 Å². The van der Waals surface area contributed by atoms with Crippen molar-refractivity contribution in [1.82, 2.24) is 4.98 Å². The Hall–Kier alpha value is -1.89. The monoisotopic (exact) mass is 175 g/mol. The highest BCUT2D eigenvalue weighted by molar-refractivity contribution is 6.00. The molecule has 0 aliphatic heterocycles. The Labute approximate surface area is 76.0 Å². The number of hydrogen-bond acceptors (Lipinski definition) is 4. The van der Waals surface area contributed by atoms with Gasteiger partial charge in [-0.2, -0.15) is 5.26 Å². The van der Waals surface area contributed by atoms with Crippen molar-refractivity contribution in [3.63, 3.8) is 0 Å². The zero-order valence-corrected chi connectivity index (χ0v) is 7.46. The van der Waals surface area contributed by atoms with Crippen LogP contribution in [0.15, 0.2) is 6.20 Å². The number of hydrogen-bond donors (Lipinski definition) is 1. The molecule has 0 radical (unpaired) electrons. The van der Waals surface area contributed by atoms with Gasteiger partial charge in [-0.15, -0.1) is 0 Å². The number of nitriles is 1. The molecule has 2 N–H and O–H groups in total. The van der Waals surface area contributed by atoms with Crippen LogP contribution in [0.4, 0.5) is 5.69 Å². The second-order valence-electron chi connectivity index (χ2n) is 2.71. The summed E-state index contributed by atoms with van der Waals surface area (Å²) in [5, 5.41) is 8.63. The number of aryl methyl sites for hydroxylation is 1. The highest BCUT2D eigenvalue weighted by Gasteiger charge is 2.12. The molecular formula is C9H9N3O. The summed E-state index contributed by atoms with van der Waals surface area (Å²) in [6, 6.07) is 1.88. The van der Waals surface area contributed by atoms with Crippen LogP contribution in [0, 0.1) is 18.3 Å². The van der Waals surface area contributed by atoms with Crippen LogP contribution in [0.3, 0.4) is 0 Å². The molecule has 1 heterocycles. The first-order chi connectivity index (χ1) is 6.07. The number of pyridine rings is 1. The second kappa shape index (κ2) is 3.23. The molecule has 4 heteroatoms. The number of rotatable bonds is 1. The Morgan fingerprint density at radius 3 is 2.77 bits per heavy atom. The first kappa shape index (κ1) is 9.20. The SMILES string of the molecule is CC(=O)c1c(C)ncc(C#N)c1N. The molecule has 0 fully saturated rings. The average Bonchev–Trinajstić information content (AvgIpc) is 2.04. The second-order valence-corrected chi connectivity index (χ2v) is 2.71. The van der Waals surface area contributed by atoms with Crippen molar-refractivity contribution in [2.75, 3.05) is 5.73 Å². The van der Waals surface area contributed by atoms with Gasteiger partial charge in [0.25, 0.3) is 0 Å². The summed E-state index contributed by atoms with van der Waals surface area (Å²) in [5.41, 5.74) is 6.99. The molecule has 1 aromatic heterocycles. The average molecular weight is 175 g/mol. The van der Waals surface area contributed by atoms with Gasteiger partial charge in [-0.25, -0.2) is 0 Å². The van der Waals surface area contributed by atoms with E-state index in [9.17, 15) is 4.79 Å². The lowest BCUT2D eigenvalue weighted by Crippen LogP contribution is -2.06. The summed E-state index contributed by atoms with van der Waals surface area (Å²) < 4.78 is 0. The lowest BCUT2D eigenvalue weighted by Gasteiger charge is -2.05. The molecule has 0 saturated carbocycles. The zero-order valence-electron chi connectivity index (χ0n) is 7.46. The smallest absolute Gasteiger partial charge is 0.163 e. The molecule has 0 aliphatic carbocycles. The van der Waals surface area contributed by atoms with E-state index in [0.29, 0.717) is 11.3 Å². The highest BCUT2D eigenvalue weighted by Crippen LogP contribution is 2.18. The van der Waals surface area contributed by atoms with E-state index < -0.39 is 0 Å². The van der Waals surface area contributed by atoms with Crippen LogP contribution in [-0.4, -0.2) is 10.8 Å². The quantitative estimate of drug-likeness (QED) is 0.647. The molecule has 0 atom stereocenters. The van der Waals surface area contributed by atoms with Gasteiger partial charge in [0.05, 0.1) is 22.5 Å². The molecule has 0 bridgehead atoms. The summed E-state index contributed by atoms with van der Waals surface area (Å²) in [6.07, 6.45) is 1.37. The molecule has 0 unspecified atom stereocenters. The fraction of sp³-hybridized carbons (Fsp3) is 0.222. The van der Waals surface area contributed by atoms with Crippen LogP contribution in [-0.2, 0) is 0 Å². The number of ketones is 1. The lowest BCUT2D eigenvalue weighted by atomic mass is 10.1. The van der Waals surface area contributed by atoms with Gasteiger partial charge < -0.3 is 5.73 Å². The number of nitrogens with zero attached hydrogens (tertiary/aromatic N) is 2. The van der Waals surface area contributed by atoms with Crippen molar-refractivity contribution in [2.45, 2.75) is 13.8 Å². The number of nitrogen functional groups attached to an aromatic ring is 1. The summed E-state index contributed by atoms with van der Waals surface area (Å²) in [7, 11) is 0. The fourth-order valence-electron chi connectivity index (χ4n) is 1.16. The molecule has 66 valence electrons. The summed E-state index contributed by atoms with van der Waals surface area (Å²) in [4.78, 5) is 15.0. The molecule has 0 aliphatic rings. The van der Waals surface area contributed by atoms with E-state index in [-0.39, 0.29) is 17.0 Å². The molecule has 1 rings (SSSR count). The first-order valence-electron chi connectivity index (χ1n) is 3.74. The normalized spacial score (nSPS) is 9.31. The Morgan fingerprint density at radius 2 is 2.31 bits per heavy atom. The van der Waals surface area contributed by atoms with E-state index in [1.807, 2.05) is 6.07 Å². The topological polar surface area (TPSA) is 79.8 Å². The number of carbonyl (C=O) groups excluding carboxylic acids is 1. The maximum Gasteiger partial charge on any atom is 0.163 e. The summed E-state index contributed by atoms with van der Waals surface area (Å²) in [6.45, 7) is 3.09. The summed E-state index contributed by atoms with van der Waals surface area (Å²) >= 11 is 0. The van der Waals surface area contributed by atoms with E-state index in [1.165, 1.54) is 13.1 Å². The van der Waals surface area contributed by atoms with Gasteiger partial charge >= 0.3 is 0 Å². The summed E-state index contributed by atoms with van der Waals surface area (Å²) in [5.74, 6) is -0.167. The molecule has 0 aromatic carbocycles. The van der Waals surface area contributed by atoms with E-state index in [0.717, 1.165) is 0 Å². The van der Waals surface area contributed by atoms with Gasteiger partial charge in [0, 0.05) is 6.20 Å². The third-order valence-electron chi connectivity index (χ3n) is 1.78. The van der Waals surface area contributed by atoms with Crippen molar-refractivity contribution >= 4 is 11.5 Å². The maximum atomic E-state index is 11.1. The number of carbonyl (C=O) groups is 1. The van der Waals surface area contributed by atoms with Crippen molar-refractivity contribution in [1.29, 1.82) is 5.26 Å². The minimum Gasteiger partial charge on any atom is -0.397 e. The number of nitrogens with two attached hydrogens (primary N) is 1. The van der Waals surface area contributed by atoms with Crippen LogP contribution < -0.4 is 5.73 Å². The van der Waals surface area contributed by atoms with Crippen LogP contribution in [0.25, 0.3) is 0 Å². The van der Waals surface area contributed by atoms with Gasteiger partial charge in [-0.05, 0) is 13.8 Å². The van der Waals surface area contributed by atoms with Crippen molar-refractivity contribution in [3.8, 4) is 6.07 Å². The standard InChI is InChI=1S/C9H9N3O/c1-5-8(6(2)13)9(11)7(3-10)4-12-5/h4H,1-2H3,(H2,11,12). The van der Waals surface area contributed by atoms with Crippen LogP contribution in [0.1, 0.15) is 28.5 Å².